The van der Waals surface area contributed by atoms with Crippen molar-refractivity contribution in [2.75, 3.05) is 12.8 Å². The quantitative estimate of drug-likeness (QED) is 0.910. The van der Waals surface area contributed by atoms with Crippen LogP contribution in [0.4, 0.5) is 5.82 Å². The number of aromatic nitrogens is 2. The largest absolute Gasteiger partial charge is 0.497 e. The van der Waals surface area contributed by atoms with Gasteiger partial charge in [-0.2, -0.15) is 0 Å². The number of hydrogen-bond acceptors (Lipinski definition) is 4. The zero-order chi connectivity index (χ0) is 14.9. The van der Waals surface area contributed by atoms with Crippen LogP contribution >= 0.6 is 0 Å². The summed E-state index contributed by atoms with van der Waals surface area (Å²) in [6.45, 7) is 8.18. The summed E-state index contributed by atoms with van der Waals surface area (Å²) in [4.78, 5) is 9.10. The van der Waals surface area contributed by atoms with Gasteiger partial charge in [0.1, 0.15) is 17.4 Å². The maximum absolute atomic E-state index is 6.04. The van der Waals surface area contributed by atoms with E-state index in [9.17, 15) is 0 Å². The average Bonchev–Trinajstić information content (AvgIpc) is 2.40. The highest BCUT2D eigenvalue weighted by Gasteiger charge is 2.20. The molecule has 0 aliphatic carbocycles. The molecule has 2 rings (SSSR count). The van der Waals surface area contributed by atoms with Crippen LogP contribution < -0.4 is 10.5 Å². The van der Waals surface area contributed by atoms with Gasteiger partial charge < -0.3 is 10.5 Å². The van der Waals surface area contributed by atoms with Crippen LogP contribution in [0.1, 0.15) is 32.2 Å². The van der Waals surface area contributed by atoms with Gasteiger partial charge in [-0.3, -0.25) is 0 Å². The first kappa shape index (κ1) is 14.3. The minimum Gasteiger partial charge on any atom is -0.497 e. The van der Waals surface area contributed by atoms with E-state index in [1.807, 2.05) is 31.2 Å². The van der Waals surface area contributed by atoms with E-state index in [2.05, 4.69) is 25.8 Å². The maximum atomic E-state index is 6.04. The zero-order valence-electron chi connectivity index (χ0n) is 12.7. The Hall–Kier alpha value is -2.10. The van der Waals surface area contributed by atoms with Crippen LogP contribution in [0, 0.1) is 6.92 Å². The molecule has 0 unspecified atom stereocenters. The molecule has 0 spiro atoms. The Morgan fingerprint density at radius 2 is 1.65 bits per heavy atom. The van der Waals surface area contributed by atoms with Crippen molar-refractivity contribution in [2.24, 2.45) is 0 Å². The lowest BCUT2D eigenvalue weighted by molar-refractivity contribution is 0.415. The van der Waals surface area contributed by atoms with Crippen molar-refractivity contribution in [2.45, 2.75) is 33.1 Å². The van der Waals surface area contributed by atoms with E-state index in [-0.39, 0.29) is 5.41 Å². The van der Waals surface area contributed by atoms with Crippen LogP contribution in [0.25, 0.3) is 11.3 Å². The van der Waals surface area contributed by atoms with Crippen LogP contribution in [0.5, 0.6) is 5.75 Å². The van der Waals surface area contributed by atoms with Crippen LogP contribution in [0.3, 0.4) is 0 Å². The summed E-state index contributed by atoms with van der Waals surface area (Å²) in [6.07, 6.45) is 0. The van der Waals surface area contributed by atoms with Crippen LogP contribution in [0.2, 0.25) is 0 Å². The van der Waals surface area contributed by atoms with E-state index >= 15 is 0 Å². The number of methoxy groups -OCH3 is 1. The van der Waals surface area contributed by atoms with E-state index in [0.717, 1.165) is 28.4 Å². The van der Waals surface area contributed by atoms with Crippen molar-refractivity contribution in [3.8, 4) is 17.0 Å². The topological polar surface area (TPSA) is 61.0 Å². The molecule has 2 N–H and O–H groups in total. The van der Waals surface area contributed by atoms with Crippen molar-refractivity contribution >= 4 is 5.82 Å². The molecule has 0 atom stereocenters. The standard InChI is InChI=1S/C16H21N3O/c1-10-13(11-6-8-12(20-5)9-7-11)18-15(16(2,3)4)19-14(10)17/h6-9H,1-5H3,(H2,17,18,19). The second-order valence-electron chi connectivity index (χ2n) is 5.88. The molecule has 1 aromatic heterocycles. The third-order valence-electron chi connectivity index (χ3n) is 3.22. The summed E-state index contributed by atoms with van der Waals surface area (Å²) in [5.74, 6) is 2.12. The summed E-state index contributed by atoms with van der Waals surface area (Å²) in [5.41, 5.74) is 8.70. The molecule has 0 bridgehead atoms. The summed E-state index contributed by atoms with van der Waals surface area (Å²) in [6, 6.07) is 7.81. The number of nitrogens with two attached hydrogens (primary N) is 1. The Bertz CT molecular complexity index is 613. The molecule has 2 aromatic rings. The Kier molecular flexibility index (Phi) is 3.66. The molecule has 1 aromatic carbocycles. The number of ether oxygens (including phenoxy) is 1. The molecule has 4 nitrogen and oxygen atoms in total. The maximum Gasteiger partial charge on any atom is 0.136 e. The molecule has 4 heteroatoms. The molecule has 0 saturated carbocycles. The molecular weight excluding hydrogens is 250 g/mol. The third kappa shape index (κ3) is 2.74. The smallest absolute Gasteiger partial charge is 0.136 e. The number of hydrogen-bond donors (Lipinski definition) is 1. The summed E-state index contributed by atoms with van der Waals surface area (Å²) in [7, 11) is 1.65. The number of rotatable bonds is 2. The summed E-state index contributed by atoms with van der Waals surface area (Å²) < 4.78 is 5.18. The fraction of sp³-hybridized carbons (Fsp3) is 0.375. The fourth-order valence-corrected chi connectivity index (χ4v) is 1.90. The van der Waals surface area contributed by atoms with E-state index in [4.69, 9.17) is 15.5 Å². The molecule has 0 saturated heterocycles. The highest BCUT2D eigenvalue weighted by molar-refractivity contribution is 5.68. The lowest BCUT2D eigenvalue weighted by Crippen LogP contribution is -2.18. The first-order valence-electron chi connectivity index (χ1n) is 6.62. The predicted octanol–water partition coefficient (Wildman–Crippen LogP) is 3.34. The van der Waals surface area contributed by atoms with Gasteiger partial charge in [0.05, 0.1) is 12.8 Å². The Morgan fingerprint density at radius 1 is 1.05 bits per heavy atom. The Balaban J connectivity index is 2.57. The van der Waals surface area contributed by atoms with Crippen molar-refractivity contribution in [3.05, 3.63) is 35.7 Å². The van der Waals surface area contributed by atoms with Gasteiger partial charge in [0.25, 0.3) is 0 Å². The van der Waals surface area contributed by atoms with Crippen molar-refractivity contribution in [1.82, 2.24) is 9.97 Å². The number of anilines is 1. The van der Waals surface area contributed by atoms with Crippen LogP contribution in [0.15, 0.2) is 24.3 Å². The zero-order valence-corrected chi connectivity index (χ0v) is 12.7. The number of nitrogen functional groups attached to an aromatic ring is 1. The molecule has 1 heterocycles. The van der Waals surface area contributed by atoms with Gasteiger partial charge in [-0.1, -0.05) is 20.8 Å². The second-order valence-corrected chi connectivity index (χ2v) is 5.88. The lowest BCUT2D eigenvalue weighted by atomic mass is 9.95. The second kappa shape index (κ2) is 5.12. The minimum absolute atomic E-state index is 0.136. The Morgan fingerprint density at radius 3 is 2.15 bits per heavy atom. The number of benzene rings is 1. The van der Waals surface area contributed by atoms with Gasteiger partial charge in [-0.05, 0) is 31.2 Å². The molecule has 0 aliphatic heterocycles. The molecule has 0 radical (unpaired) electrons. The molecule has 0 fully saturated rings. The van der Waals surface area contributed by atoms with Gasteiger partial charge >= 0.3 is 0 Å². The predicted molar refractivity (Wildman–Crippen MR) is 81.9 cm³/mol. The van der Waals surface area contributed by atoms with Gasteiger partial charge in [-0.15, -0.1) is 0 Å². The molecule has 20 heavy (non-hydrogen) atoms. The Labute approximate surface area is 120 Å². The molecule has 0 amide bonds. The van der Waals surface area contributed by atoms with Gasteiger partial charge in [0.2, 0.25) is 0 Å². The summed E-state index contributed by atoms with van der Waals surface area (Å²) >= 11 is 0. The van der Waals surface area contributed by atoms with Crippen molar-refractivity contribution < 1.29 is 4.74 Å². The first-order valence-corrected chi connectivity index (χ1v) is 6.62. The fourth-order valence-electron chi connectivity index (χ4n) is 1.90. The molecular formula is C16H21N3O. The summed E-state index contributed by atoms with van der Waals surface area (Å²) in [5, 5.41) is 0. The van der Waals surface area contributed by atoms with Crippen molar-refractivity contribution in [1.29, 1.82) is 0 Å². The van der Waals surface area contributed by atoms with E-state index < -0.39 is 0 Å². The van der Waals surface area contributed by atoms with Crippen LogP contribution in [-0.4, -0.2) is 17.1 Å². The van der Waals surface area contributed by atoms with Gasteiger partial charge in [0, 0.05) is 16.5 Å². The van der Waals surface area contributed by atoms with Gasteiger partial charge in [-0.25, -0.2) is 9.97 Å². The SMILES string of the molecule is COc1ccc(-c2nc(C(C)(C)C)nc(N)c2C)cc1. The monoisotopic (exact) mass is 271 g/mol. The average molecular weight is 271 g/mol. The number of nitrogens with zero attached hydrogens (tertiary/aromatic N) is 2. The van der Waals surface area contributed by atoms with Crippen molar-refractivity contribution in [3.63, 3.8) is 0 Å². The first-order chi connectivity index (χ1) is 9.32. The highest BCUT2D eigenvalue weighted by Crippen LogP contribution is 2.29. The highest BCUT2D eigenvalue weighted by atomic mass is 16.5. The van der Waals surface area contributed by atoms with E-state index in [0.29, 0.717) is 5.82 Å². The van der Waals surface area contributed by atoms with E-state index in [1.54, 1.807) is 7.11 Å². The van der Waals surface area contributed by atoms with Crippen LogP contribution in [-0.2, 0) is 5.41 Å². The lowest BCUT2D eigenvalue weighted by Gasteiger charge is -2.19. The molecule has 0 aliphatic rings. The molecule has 106 valence electrons. The minimum atomic E-state index is -0.136. The third-order valence-corrected chi connectivity index (χ3v) is 3.22. The van der Waals surface area contributed by atoms with E-state index in [1.165, 1.54) is 0 Å². The normalized spacial score (nSPS) is 11.4. The van der Waals surface area contributed by atoms with Gasteiger partial charge in [0.15, 0.2) is 0 Å².